The van der Waals surface area contributed by atoms with Crippen LogP contribution in [0.3, 0.4) is 0 Å². The van der Waals surface area contributed by atoms with Gasteiger partial charge in [-0.15, -0.1) is 0 Å². The van der Waals surface area contributed by atoms with Gasteiger partial charge in [-0.1, -0.05) is 12.1 Å². The van der Waals surface area contributed by atoms with E-state index < -0.39 is 12.1 Å². The first-order chi connectivity index (χ1) is 13.8. The third-order valence-corrected chi connectivity index (χ3v) is 5.16. The number of phenolic OH excluding ortho intramolecular Hbond substituents is 1. The number of fused-ring (bicyclic) bond motifs is 1. The molecule has 8 heteroatoms. The second kappa shape index (κ2) is 8.84. The summed E-state index contributed by atoms with van der Waals surface area (Å²) in [6.07, 6.45) is -0.850. The fourth-order valence-corrected chi connectivity index (χ4v) is 3.72. The highest BCUT2D eigenvalue weighted by Gasteiger charge is 2.19. The number of aromatic nitrogens is 1. The summed E-state index contributed by atoms with van der Waals surface area (Å²) in [6, 6.07) is 8.73. The van der Waals surface area contributed by atoms with E-state index in [2.05, 4.69) is 20.9 Å². The molecule has 2 aromatic carbocycles. The van der Waals surface area contributed by atoms with Gasteiger partial charge in [-0.2, -0.15) is 0 Å². The number of carbonyl (C=O) groups excluding carboxylic acids is 1. The molecule has 0 aliphatic heterocycles. The Morgan fingerprint density at radius 1 is 1.38 bits per heavy atom. The molecule has 2 N–H and O–H groups in total. The number of benzene rings is 2. The number of carbonyl (C=O) groups is 1. The van der Waals surface area contributed by atoms with Crippen LogP contribution in [0.15, 0.2) is 39.2 Å². The zero-order valence-corrected chi connectivity index (χ0v) is 18.1. The summed E-state index contributed by atoms with van der Waals surface area (Å²) < 4.78 is 11.3. The molecule has 0 aliphatic rings. The van der Waals surface area contributed by atoms with Crippen molar-refractivity contribution in [1.82, 2.24) is 4.98 Å². The number of aromatic hydroxyl groups is 1. The quantitative estimate of drug-likeness (QED) is 0.514. The normalized spacial score (nSPS) is 12.2. The number of rotatable bonds is 7. The van der Waals surface area contributed by atoms with Crippen LogP contribution in [0.1, 0.15) is 30.0 Å². The summed E-state index contributed by atoms with van der Waals surface area (Å²) in [5.41, 5.74) is 2.95. The third kappa shape index (κ3) is 4.71. The number of aliphatic hydroxyl groups excluding tert-OH is 1. The van der Waals surface area contributed by atoms with Crippen molar-refractivity contribution < 1.29 is 24.2 Å². The number of anilines is 1. The molecule has 1 atom stereocenters. The number of hydrogen-bond donors (Lipinski definition) is 2. The average Bonchev–Trinajstić information content (AvgIpc) is 3.04. The molecule has 0 spiro atoms. The minimum Gasteiger partial charge on any atom is -0.505 e. The van der Waals surface area contributed by atoms with Gasteiger partial charge < -0.3 is 24.3 Å². The molecule has 1 heterocycles. The lowest BCUT2D eigenvalue weighted by Crippen LogP contribution is -2.24. The van der Waals surface area contributed by atoms with Crippen LogP contribution in [0, 0.1) is 6.92 Å². The number of aryl methyl sites for hydroxylation is 1. The lowest BCUT2D eigenvalue weighted by Gasteiger charge is -2.24. The molecule has 1 aromatic heterocycles. The molecule has 0 saturated carbocycles. The van der Waals surface area contributed by atoms with Gasteiger partial charge in [0.2, 0.25) is 0 Å². The fraction of sp³-hybridized carbons (Fsp3) is 0.333. The minimum absolute atomic E-state index is 0.00209. The Kier molecular flexibility index (Phi) is 6.44. The standard InChI is InChI=1S/C21H23BrN2O5/c1-4-28-19(26)10-13-6-5-7-16(21(13)27)24(3)11-17(25)14-8-15(22)20-18(9-14)29-12(2)23-20/h5-9,17,25,27H,4,10-11H2,1-3H3. The maximum atomic E-state index is 11.7. The van der Waals surface area contributed by atoms with Crippen LogP contribution in [-0.4, -0.2) is 41.4 Å². The highest BCUT2D eigenvalue weighted by molar-refractivity contribution is 9.10. The minimum atomic E-state index is -0.834. The molecule has 3 rings (SSSR count). The van der Waals surface area contributed by atoms with Gasteiger partial charge in [-0.25, -0.2) is 4.98 Å². The highest BCUT2D eigenvalue weighted by atomic mass is 79.9. The second-order valence-corrected chi connectivity index (χ2v) is 7.60. The van der Waals surface area contributed by atoms with Crippen molar-refractivity contribution in [2.45, 2.75) is 26.4 Å². The highest BCUT2D eigenvalue weighted by Crippen LogP contribution is 2.33. The van der Waals surface area contributed by atoms with Crippen LogP contribution in [0.4, 0.5) is 5.69 Å². The smallest absolute Gasteiger partial charge is 0.310 e. The maximum absolute atomic E-state index is 11.7. The molecule has 29 heavy (non-hydrogen) atoms. The Labute approximate surface area is 177 Å². The number of phenols is 1. The van der Waals surface area contributed by atoms with Crippen LogP contribution in [0.2, 0.25) is 0 Å². The molecular weight excluding hydrogens is 440 g/mol. The Hall–Kier alpha value is -2.58. The molecule has 0 saturated heterocycles. The van der Waals surface area contributed by atoms with E-state index in [0.29, 0.717) is 33.8 Å². The Balaban J connectivity index is 1.79. The summed E-state index contributed by atoms with van der Waals surface area (Å²) in [5, 5.41) is 21.3. The Bertz CT molecular complexity index is 1030. The SMILES string of the molecule is CCOC(=O)Cc1cccc(N(C)CC(O)c2cc(Br)c3nc(C)oc3c2)c1O. The summed E-state index contributed by atoms with van der Waals surface area (Å²) in [7, 11) is 1.76. The monoisotopic (exact) mass is 462 g/mol. The molecule has 0 radical (unpaired) electrons. The number of para-hydroxylation sites is 1. The van der Waals surface area contributed by atoms with E-state index >= 15 is 0 Å². The molecule has 7 nitrogen and oxygen atoms in total. The third-order valence-electron chi connectivity index (χ3n) is 4.56. The first-order valence-electron chi connectivity index (χ1n) is 9.22. The molecule has 0 aliphatic carbocycles. The fourth-order valence-electron chi connectivity index (χ4n) is 3.17. The molecule has 0 amide bonds. The number of esters is 1. The van der Waals surface area contributed by atoms with Crippen LogP contribution in [-0.2, 0) is 16.0 Å². The zero-order chi connectivity index (χ0) is 21.1. The van der Waals surface area contributed by atoms with Crippen molar-refractivity contribution in [2.24, 2.45) is 0 Å². The van der Waals surface area contributed by atoms with Crippen molar-refractivity contribution in [3.8, 4) is 5.75 Å². The van der Waals surface area contributed by atoms with Crippen molar-refractivity contribution in [3.05, 3.63) is 51.8 Å². The molecular formula is C21H23BrN2O5. The maximum Gasteiger partial charge on any atom is 0.310 e. The van der Waals surface area contributed by atoms with E-state index in [1.165, 1.54) is 0 Å². The van der Waals surface area contributed by atoms with Crippen molar-refractivity contribution in [3.63, 3.8) is 0 Å². The lowest BCUT2D eigenvalue weighted by molar-refractivity contribution is -0.142. The summed E-state index contributed by atoms with van der Waals surface area (Å²) in [5.74, 6) is 0.147. The molecule has 1 unspecified atom stereocenters. The van der Waals surface area contributed by atoms with Crippen LogP contribution >= 0.6 is 15.9 Å². The van der Waals surface area contributed by atoms with Gasteiger partial charge in [0.15, 0.2) is 11.5 Å². The number of likely N-dealkylation sites (N-methyl/N-ethyl adjacent to an activating group) is 1. The number of nitrogens with zero attached hydrogens (tertiary/aromatic N) is 2. The van der Waals surface area contributed by atoms with Crippen molar-refractivity contribution in [1.29, 1.82) is 0 Å². The summed E-state index contributed by atoms with van der Waals surface area (Å²) >= 11 is 3.47. The van der Waals surface area contributed by atoms with Gasteiger partial charge in [0, 0.05) is 30.6 Å². The van der Waals surface area contributed by atoms with Gasteiger partial charge in [0.25, 0.3) is 0 Å². The van der Waals surface area contributed by atoms with E-state index in [-0.39, 0.29) is 25.3 Å². The number of oxazole rings is 1. The predicted molar refractivity (Wildman–Crippen MR) is 113 cm³/mol. The van der Waals surface area contributed by atoms with E-state index in [4.69, 9.17) is 9.15 Å². The van der Waals surface area contributed by atoms with Crippen molar-refractivity contribution in [2.75, 3.05) is 25.1 Å². The average molecular weight is 463 g/mol. The molecule has 0 fully saturated rings. The zero-order valence-electron chi connectivity index (χ0n) is 16.5. The Morgan fingerprint density at radius 3 is 2.86 bits per heavy atom. The first kappa shape index (κ1) is 21.1. The molecule has 0 bridgehead atoms. The Morgan fingerprint density at radius 2 is 2.14 bits per heavy atom. The van der Waals surface area contributed by atoms with E-state index in [9.17, 15) is 15.0 Å². The first-order valence-corrected chi connectivity index (χ1v) is 10.0. The van der Waals surface area contributed by atoms with Gasteiger partial charge in [-0.3, -0.25) is 4.79 Å². The summed E-state index contributed by atoms with van der Waals surface area (Å²) in [4.78, 5) is 17.8. The van der Waals surface area contributed by atoms with Gasteiger partial charge in [0.1, 0.15) is 11.3 Å². The largest absolute Gasteiger partial charge is 0.505 e. The van der Waals surface area contributed by atoms with Gasteiger partial charge in [-0.05, 0) is 46.6 Å². The number of halogens is 1. The number of aliphatic hydroxyl groups is 1. The van der Waals surface area contributed by atoms with Crippen molar-refractivity contribution >= 4 is 38.7 Å². The number of hydrogen-bond acceptors (Lipinski definition) is 7. The topological polar surface area (TPSA) is 96.0 Å². The number of ether oxygens (including phenoxy) is 1. The van der Waals surface area contributed by atoms with Gasteiger partial charge >= 0.3 is 5.97 Å². The van der Waals surface area contributed by atoms with Crippen LogP contribution in [0.25, 0.3) is 11.1 Å². The van der Waals surface area contributed by atoms with E-state index in [0.717, 1.165) is 4.47 Å². The molecule has 154 valence electrons. The van der Waals surface area contributed by atoms with E-state index in [1.807, 2.05) is 0 Å². The van der Waals surface area contributed by atoms with Crippen LogP contribution < -0.4 is 4.90 Å². The van der Waals surface area contributed by atoms with E-state index in [1.54, 1.807) is 56.1 Å². The van der Waals surface area contributed by atoms with Gasteiger partial charge in [0.05, 0.1) is 24.8 Å². The second-order valence-electron chi connectivity index (χ2n) is 6.75. The van der Waals surface area contributed by atoms with Crippen LogP contribution in [0.5, 0.6) is 5.75 Å². The molecule has 3 aromatic rings. The predicted octanol–water partition coefficient (Wildman–Crippen LogP) is 3.88. The lowest BCUT2D eigenvalue weighted by atomic mass is 10.1. The summed E-state index contributed by atoms with van der Waals surface area (Å²) in [6.45, 7) is 4.01.